The Balaban J connectivity index is 1.71. The first-order valence-corrected chi connectivity index (χ1v) is 9.00. The predicted molar refractivity (Wildman–Crippen MR) is 98.8 cm³/mol. The van der Waals surface area contributed by atoms with Gasteiger partial charge in [-0.3, -0.25) is 14.8 Å². The van der Waals surface area contributed by atoms with Crippen molar-refractivity contribution in [3.8, 4) is 11.5 Å². The molecule has 2 atom stereocenters. The van der Waals surface area contributed by atoms with Gasteiger partial charge in [0.25, 0.3) is 0 Å². The van der Waals surface area contributed by atoms with Gasteiger partial charge < -0.3 is 9.47 Å². The summed E-state index contributed by atoms with van der Waals surface area (Å²) in [6, 6.07) is 14.3. The number of ether oxygens (including phenoxy) is 2. The second-order valence-electron chi connectivity index (χ2n) is 6.49. The fourth-order valence-corrected chi connectivity index (χ4v) is 3.30. The van der Waals surface area contributed by atoms with E-state index in [1.165, 1.54) is 0 Å². The molecule has 2 aromatic rings. The molecule has 1 amide bonds. The molecule has 0 saturated heterocycles. The van der Waals surface area contributed by atoms with Crippen LogP contribution in [0.5, 0.6) is 11.5 Å². The van der Waals surface area contributed by atoms with Gasteiger partial charge in [-0.1, -0.05) is 23.7 Å². The van der Waals surface area contributed by atoms with E-state index in [9.17, 15) is 9.59 Å². The molecule has 0 aliphatic heterocycles. The van der Waals surface area contributed by atoms with E-state index in [1.807, 2.05) is 12.1 Å². The zero-order valence-corrected chi connectivity index (χ0v) is 15.5. The molecule has 142 valence electrons. The fourth-order valence-electron chi connectivity index (χ4n) is 3.17. The number of hydroxylamine groups is 1. The molecule has 0 heterocycles. The molecule has 0 aromatic heterocycles. The molecule has 1 saturated carbocycles. The first-order valence-electron chi connectivity index (χ1n) is 8.62. The number of halogens is 1. The number of carbonyl (C=O) groups is 2. The lowest BCUT2D eigenvalue weighted by Gasteiger charge is -2.16. The van der Waals surface area contributed by atoms with E-state index < -0.39 is 23.2 Å². The van der Waals surface area contributed by atoms with Crippen LogP contribution in [0.15, 0.2) is 48.5 Å². The van der Waals surface area contributed by atoms with Crippen LogP contribution < -0.4 is 10.2 Å². The number of rotatable bonds is 7. The van der Waals surface area contributed by atoms with Gasteiger partial charge in [0, 0.05) is 5.02 Å². The van der Waals surface area contributed by atoms with Crippen molar-refractivity contribution in [2.75, 3.05) is 6.61 Å². The minimum atomic E-state index is -0.929. The van der Waals surface area contributed by atoms with E-state index in [0.717, 1.165) is 5.56 Å². The second kappa shape index (κ2) is 7.98. The Morgan fingerprint density at radius 3 is 2.30 bits per heavy atom. The van der Waals surface area contributed by atoms with E-state index >= 15 is 0 Å². The summed E-state index contributed by atoms with van der Waals surface area (Å²) >= 11 is 5.86. The lowest BCUT2D eigenvalue weighted by atomic mass is 9.93. The smallest absolute Gasteiger partial charge is 0.313 e. The third-order valence-corrected chi connectivity index (χ3v) is 4.93. The molecule has 7 heteroatoms. The summed E-state index contributed by atoms with van der Waals surface area (Å²) in [6.07, 6.45) is 0.701. The molecular formula is C20H20ClNO5. The van der Waals surface area contributed by atoms with E-state index in [1.54, 1.807) is 48.8 Å². The molecule has 0 unspecified atom stereocenters. The van der Waals surface area contributed by atoms with Gasteiger partial charge in [0.05, 0.1) is 17.9 Å². The highest BCUT2D eigenvalue weighted by molar-refractivity contribution is 6.30. The van der Waals surface area contributed by atoms with Crippen molar-refractivity contribution in [1.82, 2.24) is 5.48 Å². The highest BCUT2D eigenvalue weighted by Gasteiger charge is 2.64. The van der Waals surface area contributed by atoms with Crippen LogP contribution in [0.4, 0.5) is 0 Å². The standard InChI is InChI=1S/C20H20ClNO5/c1-2-26-19(24)20(12-17(20)18(23)22-25)11-13-3-7-15(8-4-13)27-16-9-5-14(21)6-10-16/h3-10,17,25H,2,11-12H2,1H3,(H,22,23)/t17-,20+/m1/s1. The monoisotopic (exact) mass is 389 g/mol. The molecule has 2 N–H and O–H groups in total. The Morgan fingerprint density at radius 2 is 1.74 bits per heavy atom. The van der Waals surface area contributed by atoms with Crippen molar-refractivity contribution in [2.45, 2.75) is 19.8 Å². The number of benzene rings is 2. The van der Waals surface area contributed by atoms with Crippen molar-refractivity contribution in [3.05, 3.63) is 59.1 Å². The molecule has 0 bridgehead atoms. The number of hydrogen-bond donors (Lipinski definition) is 2. The summed E-state index contributed by atoms with van der Waals surface area (Å²) in [5.41, 5.74) is 1.57. The summed E-state index contributed by atoms with van der Waals surface area (Å²) in [5, 5.41) is 9.50. The van der Waals surface area contributed by atoms with Gasteiger partial charge in [-0.2, -0.15) is 0 Å². The van der Waals surface area contributed by atoms with Crippen molar-refractivity contribution in [2.24, 2.45) is 11.3 Å². The molecule has 1 aliphatic carbocycles. The lowest BCUT2D eigenvalue weighted by molar-refractivity contribution is -0.152. The number of amides is 1. The van der Waals surface area contributed by atoms with Crippen LogP contribution in [0, 0.1) is 11.3 Å². The fraction of sp³-hybridized carbons (Fsp3) is 0.300. The number of esters is 1. The summed E-state index contributed by atoms with van der Waals surface area (Å²) in [6.45, 7) is 1.96. The molecule has 0 radical (unpaired) electrons. The lowest BCUT2D eigenvalue weighted by Crippen LogP contribution is -2.30. The molecular weight excluding hydrogens is 370 g/mol. The topological polar surface area (TPSA) is 84.9 Å². The van der Waals surface area contributed by atoms with E-state index in [2.05, 4.69) is 0 Å². The Kier molecular flexibility index (Phi) is 5.68. The van der Waals surface area contributed by atoms with Crippen molar-refractivity contribution in [3.63, 3.8) is 0 Å². The normalized spacial score (nSPS) is 20.6. The number of nitrogens with one attached hydrogen (secondary N) is 1. The number of carbonyl (C=O) groups excluding carboxylic acids is 2. The van der Waals surface area contributed by atoms with Crippen LogP contribution in [0.1, 0.15) is 18.9 Å². The van der Waals surface area contributed by atoms with Crippen molar-refractivity contribution in [1.29, 1.82) is 0 Å². The maximum absolute atomic E-state index is 12.4. The zero-order chi connectivity index (χ0) is 19.4. The second-order valence-corrected chi connectivity index (χ2v) is 6.92. The van der Waals surface area contributed by atoms with Gasteiger partial charge >= 0.3 is 5.97 Å². The Hall–Kier alpha value is -2.57. The Bertz CT molecular complexity index is 821. The van der Waals surface area contributed by atoms with Gasteiger partial charge in [0.1, 0.15) is 11.5 Å². The average Bonchev–Trinajstić information content (AvgIpc) is 3.40. The van der Waals surface area contributed by atoms with Gasteiger partial charge in [0.2, 0.25) is 5.91 Å². The van der Waals surface area contributed by atoms with Gasteiger partial charge in [0.15, 0.2) is 0 Å². The van der Waals surface area contributed by atoms with Crippen LogP contribution in [-0.4, -0.2) is 23.7 Å². The largest absolute Gasteiger partial charge is 0.466 e. The molecule has 3 rings (SSSR count). The predicted octanol–water partition coefficient (Wildman–Crippen LogP) is 3.75. The first kappa shape index (κ1) is 19.2. The van der Waals surface area contributed by atoms with E-state index in [0.29, 0.717) is 29.4 Å². The summed E-state index contributed by atoms with van der Waals surface area (Å²) in [5.74, 6) is -0.263. The van der Waals surface area contributed by atoms with Crippen LogP contribution >= 0.6 is 11.6 Å². The zero-order valence-electron chi connectivity index (χ0n) is 14.8. The quantitative estimate of drug-likeness (QED) is 0.428. The Labute approximate surface area is 162 Å². The minimum Gasteiger partial charge on any atom is -0.466 e. The number of hydrogen-bond acceptors (Lipinski definition) is 5. The summed E-state index contributed by atoms with van der Waals surface area (Å²) < 4.78 is 10.9. The van der Waals surface area contributed by atoms with Gasteiger partial charge in [-0.15, -0.1) is 0 Å². The first-order chi connectivity index (χ1) is 13.0. The molecule has 6 nitrogen and oxygen atoms in total. The minimum absolute atomic E-state index is 0.238. The highest BCUT2D eigenvalue weighted by Crippen LogP contribution is 2.56. The maximum atomic E-state index is 12.4. The van der Waals surface area contributed by atoms with Crippen LogP contribution in [0.2, 0.25) is 5.02 Å². The van der Waals surface area contributed by atoms with E-state index in [4.69, 9.17) is 26.3 Å². The molecule has 1 fully saturated rings. The van der Waals surface area contributed by atoms with Crippen LogP contribution in [0.3, 0.4) is 0 Å². The van der Waals surface area contributed by atoms with Gasteiger partial charge in [-0.25, -0.2) is 5.48 Å². The van der Waals surface area contributed by atoms with Crippen molar-refractivity contribution >= 4 is 23.5 Å². The summed E-state index contributed by atoms with van der Waals surface area (Å²) in [4.78, 5) is 24.2. The maximum Gasteiger partial charge on any atom is 0.313 e. The molecule has 27 heavy (non-hydrogen) atoms. The molecule has 1 aliphatic rings. The third kappa shape index (κ3) is 4.23. The highest BCUT2D eigenvalue weighted by atomic mass is 35.5. The SMILES string of the molecule is CCOC(=O)[C@@]1(Cc2ccc(Oc3ccc(Cl)cc3)cc2)C[C@@H]1C(=O)NO. The molecule has 0 spiro atoms. The van der Waals surface area contributed by atoms with Crippen molar-refractivity contribution < 1.29 is 24.3 Å². The van der Waals surface area contributed by atoms with Crippen LogP contribution in [0.25, 0.3) is 0 Å². The van der Waals surface area contributed by atoms with Gasteiger partial charge in [-0.05, 0) is 61.7 Å². The average molecular weight is 390 g/mol. The Morgan fingerprint density at radius 1 is 1.15 bits per heavy atom. The van der Waals surface area contributed by atoms with E-state index in [-0.39, 0.29) is 6.61 Å². The van der Waals surface area contributed by atoms with Crippen LogP contribution in [-0.2, 0) is 20.7 Å². The third-order valence-electron chi connectivity index (χ3n) is 4.68. The molecule has 2 aromatic carbocycles. The summed E-state index contributed by atoms with van der Waals surface area (Å²) in [7, 11) is 0.